The van der Waals surface area contributed by atoms with Crippen molar-refractivity contribution in [2.75, 3.05) is 39.6 Å². The molecule has 0 bridgehead atoms. The quantitative estimate of drug-likeness (QED) is 0.0442. The molecule has 0 aliphatic heterocycles. The van der Waals surface area contributed by atoms with Crippen LogP contribution in [0, 0.1) is 0 Å². The summed E-state index contributed by atoms with van der Waals surface area (Å²) in [5.41, 5.74) is 0. The van der Waals surface area contributed by atoms with Gasteiger partial charge in [-0.2, -0.15) is 0 Å². The summed E-state index contributed by atoms with van der Waals surface area (Å²) in [6, 6.07) is 0. The lowest BCUT2D eigenvalue weighted by molar-refractivity contribution is -0.172. The maximum Gasteiger partial charge on any atom is 0.475 e. The Kier molecular flexibility index (Phi) is 25.0. The smallest absolute Gasteiger partial charge is 0.464 e. The number of esters is 2. The number of unbranched alkanes of at least 4 members (excludes halogenated alkanes) is 6. The molecule has 0 amide bonds. The van der Waals surface area contributed by atoms with Crippen LogP contribution in [0.15, 0.2) is 0 Å². The van der Waals surface area contributed by atoms with Crippen molar-refractivity contribution in [2.45, 2.75) is 131 Å². The van der Waals surface area contributed by atoms with Crippen molar-refractivity contribution >= 4 is 27.6 Å². The van der Waals surface area contributed by atoms with Crippen LogP contribution in [-0.4, -0.2) is 63.8 Å². The summed E-state index contributed by atoms with van der Waals surface area (Å²) in [6.45, 7) is 11.6. The Labute approximate surface area is 253 Å². The van der Waals surface area contributed by atoms with Crippen LogP contribution in [0.3, 0.4) is 0 Å². The zero-order valence-corrected chi connectivity index (χ0v) is 28.5. The van der Waals surface area contributed by atoms with Gasteiger partial charge in [0.15, 0.2) is 0 Å². The molecule has 0 aromatic carbocycles. The molecule has 12 nitrogen and oxygen atoms in total. The highest BCUT2D eigenvalue weighted by Crippen LogP contribution is 2.55. The summed E-state index contributed by atoms with van der Waals surface area (Å²) in [7, 11) is -8.86. The molecule has 2 atom stereocenters. The minimum atomic E-state index is -4.43. The number of rotatable bonds is 29. The molecule has 0 unspecified atom stereocenters. The Morgan fingerprint density at radius 1 is 0.452 bits per heavy atom. The molecule has 0 aliphatic carbocycles. The number of phosphoric acid groups is 2. The van der Waals surface area contributed by atoms with Gasteiger partial charge in [-0.3, -0.25) is 27.1 Å². The first-order valence-corrected chi connectivity index (χ1v) is 18.6. The van der Waals surface area contributed by atoms with Gasteiger partial charge >= 0.3 is 27.6 Å². The maximum absolute atomic E-state index is 13.8. The summed E-state index contributed by atoms with van der Waals surface area (Å²) in [4.78, 5) is 26.8. The van der Waals surface area contributed by atoms with E-state index in [4.69, 9.17) is 36.6 Å². The van der Waals surface area contributed by atoms with E-state index in [-0.39, 0.29) is 39.6 Å². The van der Waals surface area contributed by atoms with Crippen molar-refractivity contribution in [3.63, 3.8) is 0 Å². The lowest BCUT2D eigenvalue weighted by Gasteiger charge is -2.29. The number of carbonyl (C=O) groups is 2. The average Bonchev–Trinajstić information content (AvgIpc) is 2.96. The van der Waals surface area contributed by atoms with Gasteiger partial charge in [0.1, 0.15) is 0 Å². The second-order valence-corrected chi connectivity index (χ2v) is 13.0. The minimum absolute atomic E-state index is 0.00212. The fourth-order valence-corrected chi connectivity index (χ4v) is 5.75. The normalized spacial score (nSPS) is 13.6. The molecule has 0 aromatic heterocycles. The van der Waals surface area contributed by atoms with Crippen LogP contribution < -0.4 is 0 Å². The SMILES string of the molecule is CCCCOC(=O)[C@H](OP(=O)(OCCCC)OCCCC)[C@@H](OP(=O)(OCCCC)OCCCC)C(=O)OCCCC. The van der Waals surface area contributed by atoms with E-state index < -0.39 is 39.8 Å². The summed E-state index contributed by atoms with van der Waals surface area (Å²) in [5.74, 6) is -2.15. The Morgan fingerprint density at radius 2 is 0.690 bits per heavy atom. The lowest BCUT2D eigenvalue weighted by Crippen LogP contribution is -2.45. The number of phosphoric ester groups is 2. The van der Waals surface area contributed by atoms with Gasteiger partial charge < -0.3 is 9.47 Å². The Morgan fingerprint density at radius 3 is 0.929 bits per heavy atom. The van der Waals surface area contributed by atoms with E-state index in [1.807, 2.05) is 41.5 Å². The van der Waals surface area contributed by atoms with Crippen LogP contribution in [0.4, 0.5) is 0 Å². The highest BCUT2D eigenvalue weighted by Gasteiger charge is 2.48. The van der Waals surface area contributed by atoms with Crippen LogP contribution in [0.1, 0.15) is 119 Å². The van der Waals surface area contributed by atoms with Gasteiger partial charge in [0.2, 0.25) is 12.2 Å². The van der Waals surface area contributed by atoms with E-state index in [1.54, 1.807) is 0 Å². The van der Waals surface area contributed by atoms with Gasteiger partial charge in [-0.15, -0.1) is 0 Å². The van der Waals surface area contributed by atoms with Crippen molar-refractivity contribution in [2.24, 2.45) is 0 Å². The Balaban J connectivity index is 6.57. The largest absolute Gasteiger partial charge is 0.475 e. The minimum Gasteiger partial charge on any atom is -0.464 e. The van der Waals surface area contributed by atoms with E-state index >= 15 is 0 Å². The number of ether oxygens (including phenoxy) is 2. The maximum atomic E-state index is 13.8. The third-order valence-corrected chi connectivity index (χ3v) is 8.66. The van der Waals surface area contributed by atoms with Crippen molar-refractivity contribution < 1.29 is 55.3 Å². The van der Waals surface area contributed by atoms with Gasteiger partial charge in [0.05, 0.1) is 39.6 Å². The van der Waals surface area contributed by atoms with E-state index in [9.17, 15) is 18.7 Å². The zero-order chi connectivity index (χ0) is 31.7. The fourth-order valence-electron chi connectivity index (χ4n) is 3.00. The molecule has 0 spiro atoms. The summed E-state index contributed by atoms with van der Waals surface area (Å²) in [6.07, 6.45) is 3.60. The number of carbonyl (C=O) groups excluding carboxylic acids is 2. The van der Waals surface area contributed by atoms with Gasteiger partial charge in [-0.05, 0) is 38.5 Å². The average molecular weight is 647 g/mol. The number of hydrogen-bond acceptors (Lipinski definition) is 12. The van der Waals surface area contributed by atoms with Crippen molar-refractivity contribution in [3.05, 3.63) is 0 Å². The van der Waals surface area contributed by atoms with Gasteiger partial charge in [0, 0.05) is 0 Å². The topological polar surface area (TPSA) is 142 Å². The third-order valence-electron chi connectivity index (χ3n) is 5.70. The van der Waals surface area contributed by atoms with E-state index in [0.29, 0.717) is 38.5 Å². The second kappa shape index (κ2) is 25.5. The first kappa shape index (κ1) is 41.2. The van der Waals surface area contributed by atoms with Crippen LogP contribution >= 0.6 is 15.6 Å². The molecular formula is C28H56O12P2. The molecule has 0 saturated carbocycles. The van der Waals surface area contributed by atoms with Crippen LogP contribution in [0.25, 0.3) is 0 Å². The predicted molar refractivity (Wildman–Crippen MR) is 160 cm³/mol. The lowest BCUT2D eigenvalue weighted by atomic mass is 10.2. The molecule has 0 saturated heterocycles. The highest BCUT2D eigenvalue weighted by atomic mass is 31.2. The van der Waals surface area contributed by atoms with Crippen LogP contribution in [0.5, 0.6) is 0 Å². The highest BCUT2D eigenvalue weighted by molar-refractivity contribution is 7.49. The molecule has 0 radical (unpaired) electrons. The third kappa shape index (κ3) is 18.7. The molecule has 0 aromatic rings. The predicted octanol–water partition coefficient (Wildman–Crippen LogP) is 7.93. The fraction of sp³-hybridized carbons (Fsp3) is 0.929. The summed E-state index contributed by atoms with van der Waals surface area (Å²) in [5, 5.41) is 0. The Bertz CT molecular complexity index is 703. The first-order valence-electron chi connectivity index (χ1n) is 15.6. The van der Waals surface area contributed by atoms with Crippen molar-refractivity contribution in [3.8, 4) is 0 Å². The van der Waals surface area contributed by atoms with Crippen molar-refractivity contribution in [1.29, 1.82) is 0 Å². The molecule has 14 heteroatoms. The Hall–Kier alpha value is -0.840. The second-order valence-electron chi connectivity index (χ2n) is 9.74. The van der Waals surface area contributed by atoms with Gasteiger partial charge in [0.25, 0.3) is 0 Å². The van der Waals surface area contributed by atoms with Crippen LogP contribution in [-0.2, 0) is 55.3 Å². The number of hydrogen-bond donors (Lipinski definition) is 0. The molecule has 0 fully saturated rings. The van der Waals surface area contributed by atoms with E-state index in [1.165, 1.54) is 0 Å². The molecule has 0 heterocycles. The van der Waals surface area contributed by atoms with Gasteiger partial charge in [-0.25, -0.2) is 18.7 Å². The monoisotopic (exact) mass is 646 g/mol. The molecule has 42 heavy (non-hydrogen) atoms. The zero-order valence-electron chi connectivity index (χ0n) is 26.7. The molecule has 0 N–H and O–H groups in total. The summed E-state index contributed by atoms with van der Waals surface area (Å²) < 4.78 is 71.6. The molecule has 0 rings (SSSR count). The summed E-state index contributed by atoms with van der Waals surface area (Å²) >= 11 is 0. The van der Waals surface area contributed by atoms with Crippen LogP contribution in [0.2, 0.25) is 0 Å². The molecule has 0 aliphatic rings. The van der Waals surface area contributed by atoms with E-state index in [2.05, 4.69) is 0 Å². The van der Waals surface area contributed by atoms with E-state index in [0.717, 1.165) is 38.5 Å². The first-order chi connectivity index (χ1) is 20.2. The molecule has 250 valence electrons. The van der Waals surface area contributed by atoms with Gasteiger partial charge in [-0.1, -0.05) is 80.1 Å². The van der Waals surface area contributed by atoms with Crippen molar-refractivity contribution in [1.82, 2.24) is 0 Å². The molecular weight excluding hydrogens is 590 g/mol. The standard InChI is InChI=1S/C28H56O12P2/c1-7-13-19-33-27(29)25(39-41(31,35-21-15-9-3)36-22-16-10-4)26(28(30)34-20-14-8-2)40-42(32,37-23-17-11-5)38-24-18-12-6/h25-26H,7-24H2,1-6H3/t25-,26-/m1/s1.